The molecule has 0 saturated carbocycles. The van der Waals surface area contributed by atoms with E-state index in [1.807, 2.05) is 50.4 Å². The first-order valence-corrected chi connectivity index (χ1v) is 14.4. The molecule has 13 heteroatoms. The van der Waals surface area contributed by atoms with Crippen molar-refractivity contribution in [3.63, 3.8) is 0 Å². The molecular formula is C31H37F3N6O4. The molecule has 236 valence electrons. The smallest absolute Gasteiger partial charge is 0.401 e. The minimum absolute atomic E-state index is 0.0496. The summed E-state index contributed by atoms with van der Waals surface area (Å²) in [5.41, 5.74) is 5.74. The number of hydrogen-bond donors (Lipinski definition) is 2. The highest BCUT2D eigenvalue weighted by Crippen LogP contribution is 2.36. The number of aromatic amines is 1. The van der Waals surface area contributed by atoms with Crippen LogP contribution >= 0.6 is 0 Å². The predicted octanol–water partition coefficient (Wildman–Crippen LogP) is 4.70. The molecule has 1 saturated heterocycles. The Balaban J connectivity index is 1.54. The number of halogens is 3. The maximum atomic E-state index is 13.8. The molecule has 44 heavy (non-hydrogen) atoms. The molecular weight excluding hydrogens is 577 g/mol. The summed E-state index contributed by atoms with van der Waals surface area (Å²) in [5.74, 6) is 0.648. The number of hydrogen-bond acceptors (Lipinski definition) is 7. The van der Waals surface area contributed by atoms with Gasteiger partial charge in [0.05, 0.1) is 37.0 Å². The van der Waals surface area contributed by atoms with Crippen molar-refractivity contribution in [2.75, 3.05) is 39.8 Å². The lowest BCUT2D eigenvalue weighted by Crippen LogP contribution is -2.49. The van der Waals surface area contributed by atoms with E-state index in [2.05, 4.69) is 20.4 Å². The number of nitrogens with zero attached hydrogens (tertiary/aromatic N) is 4. The number of amides is 1. The van der Waals surface area contributed by atoms with Gasteiger partial charge in [-0.05, 0) is 58.4 Å². The van der Waals surface area contributed by atoms with E-state index in [1.165, 1.54) is 12.0 Å². The first-order chi connectivity index (χ1) is 20.8. The predicted molar refractivity (Wildman–Crippen MR) is 159 cm³/mol. The van der Waals surface area contributed by atoms with E-state index in [9.17, 15) is 22.8 Å². The number of fused-ring (bicyclic) bond motifs is 1. The fraction of sp³-hybridized carbons (Fsp3) is 0.452. The van der Waals surface area contributed by atoms with Gasteiger partial charge in [-0.1, -0.05) is 5.16 Å². The number of aromatic nitrogens is 3. The van der Waals surface area contributed by atoms with E-state index in [4.69, 9.17) is 9.26 Å². The minimum atomic E-state index is -4.24. The van der Waals surface area contributed by atoms with Crippen LogP contribution in [0.1, 0.15) is 57.3 Å². The lowest BCUT2D eigenvalue weighted by atomic mass is 9.98. The van der Waals surface area contributed by atoms with Gasteiger partial charge in [-0.2, -0.15) is 13.2 Å². The van der Waals surface area contributed by atoms with Crippen molar-refractivity contribution < 1.29 is 27.2 Å². The third kappa shape index (κ3) is 6.11. The summed E-state index contributed by atoms with van der Waals surface area (Å²) in [6.45, 7) is 9.80. The van der Waals surface area contributed by atoms with E-state index < -0.39 is 12.7 Å². The average Bonchev–Trinajstić information content (AvgIpc) is 3.51. The van der Waals surface area contributed by atoms with Crippen LogP contribution in [0.3, 0.4) is 0 Å². The Morgan fingerprint density at radius 1 is 1.16 bits per heavy atom. The van der Waals surface area contributed by atoms with Crippen LogP contribution in [0.4, 0.5) is 13.2 Å². The highest BCUT2D eigenvalue weighted by atomic mass is 19.4. The second-order valence-corrected chi connectivity index (χ2v) is 11.4. The highest BCUT2D eigenvalue weighted by molar-refractivity contribution is 5.98. The summed E-state index contributed by atoms with van der Waals surface area (Å²) in [5, 5.41) is 7.00. The zero-order chi connectivity index (χ0) is 31.9. The number of carbonyl (C=O) groups is 1. The van der Waals surface area contributed by atoms with Gasteiger partial charge in [0.25, 0.3) is 11.5 Å². The molecule has 0 aromatic carbocycles. The molecule has 0 spiro atoms. The number of pyridine rings is 2. The van der Waals surface area contributed by atoms with Crippen LogP contribution in [0.5, 0.6) is 5.75 Å². The van der Waals surface area contributed by atoms with Crippen molar-refractivity contribution in [3.05, 3.63) is 74.3 Å². The minimum Gasteiger partial charge on any atom is -0.496 e. The summed E-state index contributed by atoms with van der Waals surface area (Å²) in [6.07, 6.45) is -2.31. The summed E-state index contributed by atoms with van der Waals surface area (Å²) >= 11 is 0. The fourth-order valence-corrected chi connectivity index (χ4v) is 6.23. The van der Waals surface area contributed by atoms with E-state index in [0.717, 1.165) is 27.9 Å². The Kier molecular flexibility index (Phi) is 8.63. The molecule has 0 radical (unpaired) electrons. The lowest BCUT2D eigenvalue weighted by Gasteiger charge is -2.39. The van der Waals surface area contributed by atoms with Crippen molar-refractivity contribution in [2.24, 2.45) is 0 Å². The van der Waals surface area contributed by atoms with Gasteiger partial charge in [-0.15, -0.1) is 0 Å². The number of methoxy groups -OCH3 is 1. The molecule has 0 aliphatic carbocycles. The Morgan fingerprint density at radius 2 is 1.86 bits per heavy atom. The molecule has 1 amide bonds. The number of alkyl halides is 3. The van der Waals surface area contributed by atoms with Crippen LogP contribution in [0, 0.1) is 27.7 Å². The fourth-order valence-electron chi connectivity index (χ4n) is 6.23. The number of rotatable bonds is 8. The lowest BCUT2D eigenvalue weighted by molar-refractivity contribution is -0.149. The second-order valence-electron chi connectivity index (χ2n) is 11.4. The Hall–Kier alpha value is -4.10. The Labute approximate surface area is 252 Å². The van der Waals surface area contributed by atoms with Crippen LogP contribution in [0.2, 0.25) is 0 Å². The van der Waals surface area contributed by atoms with Gasteiger partial charge < -0.3 is 24.0 Å². The second kappa shape index (κ2) is 12.1. The maximum Gasteiger partial charge on any atom is 0.401 e. The van der Waals surface area contributed by atoms with Crippen molar-refractivity contribution >= 4 is 11.4 Å². The SMILES string of the molecule is COc1cc(C)[nH]c(=O)c1CNC(=O)c1cc2c(-c3c(C)noc3C)ccn2c(C(C)N2CCN(CC(F)(F)F)CC2)c1C. The summed E-state index contributed by atoms with van der Waals surface area (Å²) in [7, 11) is 1.47. The monoisotopic (exact) mass is 614 g/mol. The van der Waals surface area contributed by atoms with Gasteiger partial charge >= 0.3 is 6.18 Å². The molecule has 10 nitrogen and oxygen atoms in total. The van der Waals surface area contributed by atoms with Crippen LogP contribution in [0.15, 0.2) is 33.7 Å². The zero-order valence-electron chi connectivity index (χ0n) is 25.7. The van der Waals surface area contributed by atoms with E-state index >= 15 is 0 Å². The van der Waals surface area contributed by atoms with Gasteiger partial charge in [0, 0.05) is 66.5 Å². The topological polar surface area (TPSA) is 108 Å². The third-order valence-corrected chi connectivity index (χ3v) is 8.43. The van der Waals surface area contributed by atoms with Crippen molar-refractivity contribution in [1.82, 2.24) is 29.7 Å². The Morgan fingerprint density at radius 3 is 2.48 bits per heavy atom. The van der Waals surface area contributed by atoms with Gasteiger partial charge in [-0.3, -0.25) is 19.4 Å². The third-order valence-electron chi connectivity index (χ3n) is 8.43. The molecule has 5 heterocycles. The van der Waals surface area contributed by atoms with E-state index in [1.54, 1.807) is 13.0 Å². The molecule has 5 rings (SSSR count). The van der Waals surface area contributed by atoms with Crippen LogP contribution < -0.4 is 15.6 Å². The maximum absolute atomic E-state index is 13.8. The normalized spacial score (nSPS) is 15.6. The van der Waals surface area contributed by atoms with Crippen LogP contribution in [-0.2, 0) is 6.54 Å². The first kappa shape index (κ1) is 31.3. The van der Waals surface area contributed by atoms with Crippen molar-refractivity contribution in [2.45, 2.75) is 53.4 Å². The van der Waals surface area contributed by atoms with Gasteiger partial charge in [-0.25, -0.2) is 0 Å². The van der Waals surface area contributed by atoms with E-state index in [-0.39, 0.29) is 37.1 Å². The summed E-state index contributed by atoms with van der Waals surface area (Å²) in [4.78, 5) is 32.8. The van der Waals surface area contributed by atoms with Crippen LogP contribution in [-0.4, -0.2) is 76.3 Å². The molecule has 2 N–H and O–H groups in total. The van der Waals surface area contributed by atoms with Gasteiger partial charge in [0.15, 0.2) is 0 Å². The highest BCUT2D eigenvalue weighted by Gasteiger charge is 2.34. The van der Waals surface area contributed by atoms with Crippen LogP contribution in [0.25, 0.3) is 16.6 Å². The number of aryl methyl sites for hydroxylation is 3. The van der Waals surface area contributed by atoms with Crippen molar-refractivity contribution in [1.29, 1.82) is 0 Å². The number of nitrogens with one attached hydrogen (secondary N) is 2. The largest absolute Gasteiger partial charge is 0.496 e. The average molecular weight is 615 g/mol. The summed E-state index contributed by atoms with van der Waals surface area (Å²) < 4.78 is 51.9. The molecule has 1 atom stereocenters. The molecule has 4 aromatic rings. The molecule has 1 fully saturated rings. The molecule has 1 unspecified atom stereocenters. The Bertz CT molecular complexity index is 1730. The molecule has 1 aliphatic rings. The number of ether oxygens (including phenoxy) is 1. The van der Waals surface area contributed by atoms with Gasteiger partial charge in [0.2, 0.25) is 0 Å². The van der Waals surface area contributed by atoms with E-state index in [0.29, 0.717) is 47.1 Å². The number of H-pyrrole nitrogens is 1. The first-order valence-electron chi connectivity index (χ1n) is 14.4. The van der Waals surface area contributed by atoms with Crippen molar-refractivity contribution in [3.8, 4) is 16.9 Å². The molecule has 0 bridgehead atoms. The zero-order valence-corrected chi connectivity index (χ0v) is 25.7. The number of carbonyl (C=O) groups excluding carboxylic acids is 1. The molecule has 1 aliphatic heterocycles. The van der Waals surface area contributed by atoms with Gasteiger partial charge in [0.1, 0.15) is 11.5 Å². The molecule has 4 aromatic heterocycles. The summed E-state index contributed by atoms with van der Waals surface area (Å²) in [6, 6.07) is 5.26. The standard InChI is InChI=1S/C31H37F3N6O4/c1-17-13-26(43-6)24(30(42)36-17)15-35-29(41)23-14-25-22(27-19(3)37-44-21(27)5)7-8-40(25)28(18(23)2)20(4)39-11-9-38(10-12-39)16-31(32,33)34/h7-8,13-14,20H,9-12,15-16H2,1-6H3,(H,35,41)(H,36,42). The quantitative estimate of drug-likeness (QED) is 0.296. The number of piperazine rings is 1.